The van der Waals surface area contributed by atoms with Crippen molar-refractivity contribution in [2.45, 2.75) is 32.2 Å². The van der Waals surface area contributed by atoms with Crippen LogP contribution in [0.4, 0.5) is 5.69 Å². The molecule has 3 heteroatoms. The third kappa shape index (κ3) is 2.51. The molecule has 96 valence electrons. The highest BCUT2D eigenvalue weighted by atomic mass is 16.3. The third-order valence-electron chi connectivity index (χ3n) is 3.67. The first-order valence-electron chi connectivity index (χ1n) is 6.81. The van der Waals surface area contributed by atoms with E-state index < -0.39 is 0 Å². The lowest BCUT2D eigenvalue weighted by Gasteiger charge is -2.17. The van der Waals surface area contributed by atoms with Crippen molar-refractivity contribution in [1.29, 1.82) is 0 Å². The highest BCUT2D eigenvalue weighted by Gasteiger charge is 2.12. The van der Waals surface area contributed by atoms with Crippen molar-refractivity contribution in [2.24, 2.45) is 0 Å². The van der Waals surface area contributed by atoms with Crippen LogP contribution in [0.1, 0.15) is 31.4 Å². The second kappa shape index (κ2) is 5.02. The van der Waals surface area contributed by atoms with E-state index in [-0.39, 0.29) is 0 Å². The number of benzene rings is 1. The second-order valence-electron chi connectivity index (χ2n) is 5.20. The molecule has 1 aliphatic heterocycles. The highest BCUT2D eigenvalue weighted by molar-refractivity contribution is 5.81. The van der Waals surface area contributed by atoms with E-state index in [1.807, 2.05) is 18.2 Å². The van der Waals surface area contributed by atoms with Crippen LogP contribution in [-0.2, 0) is 6.54 Å². The summed E-state index contributed by atoms with van der Waals surface area (Å²) < 4.78 is 5.87. The van der Waals surface area contributed by atoms with Crippen LogP contribution in [0.5, 0.6) is 0 Å². The zero-order valence-corrected chi connectivity index (χ0v) is 10.7. The molecule has 2 aromatic rings. The van der Waals surface area contributed by atoms with Gasteiger partial charge >= 0.3 is 0 Å². The van der Waals surface area contributed by atoms with E-state index in [0.717, 1.165) is 29.0 Å². The minimum atomic E-state index is 0.796. The lowest BCUT2D eigenvalue weighted by atomic mass is 10.2. The first-order valence-corrected chi connectivity index (χ1v) is 6.81. The molecular weight excluding hydrogens is 224 g/mol. The van der Waals surface area contributed by atoms with Crippen LogP contribution in [0, 0.1) is 0 Å². The van der Waals surface area contributed by atoms with Crippen LogP contribution >= 0.6 is 0 Å². The van der Waals surface area contributed by atoms with E-state index in [2.05, 4.69) is 11.0 Å². The molecule has 0 spiro atoms. The number of anilines is 1. The monoisotopic (exact) mass is 244 g/mol. The van der Waals surface area contributed by atoms with Gasteiger partial charge in [0.2, 0.25) is 0 Å². The number of nitrogens with zero attached hydrogens (tertiary/aromatic N) is 1. The van der Waals surface area contributed by atoms with Gasteiger partial charge in [-0.1, -0.05) is 12.8 Å². The molecule has 0 unspecified atom stereocenters. The van der Waals surface area contributed by atoms with Crippen LogP contribution in [0.25, 0.3) is 11.0 Å². The molecule has 0 bridgehead atoms. The van der Waals surface area contributed by atoms with E-state index in [4.69, 9.17) is 10.2 Å². The predicted molar refractivity (Wildman–Crippen MR) is 74.4 cm³/mol. The van der Waals surface area contributed by atoms with Crippen molar-refractivity contribution in [2.75, 3.05) is 18.8 Å². The topological polar surface area (TPSA) is 42.4 Å². The van der Waals surface area contributed by atoms with Crippen molar-refractivity contribution < 1.29 is 4.42 Å². The van der Waals surface area contributed by atoms with E-state index in [1.165, 1.54) is 38.8 Å². The van der Waals surface area contributed by atoms with Crippen molar-refractivity contribution >= 4 is 16.7 Å². The van der Waals surface area contributed by atoms with Gasteiger partial charge in [-0.25, -0.2) is 0 Å². The smallest absolute Gasteiger partial charge is 0.134 e. The van der Waals surface area contributed by atoms with Gasteiger partial charge in [-0.3, -0.25) is 4.90 Å². The SMILES string of the molecule is Nc1ccc2oc(CN3CCCCCC3)cc2c1. The van der Waals surface area contributed by atoms with E-state index in [0.29, 0.717) is 0 Å². The minimum Gasteiger partial charge on any atom is -0.460 e. The maximum absolute atomic E-state index is 5.87. The molecule has 0 radical (unpaired) electrons. The van der Waals surface area contributed by atoms with Gasteiger partial charge in [0.25, 0.3) is 0 Å². The fraction of sp³-hybridized carbons (Fsp3) is 0.467. The summed E-state index contributed by atoms with van der Waals surface area (Å²) in [4.78, 5) is 2.49. The molecule has 2 heterocycles. The van der Waals surface area contributed by atoms with E-state index >= 15 is 0 Å². The maximum Gasteiger partial charge on any atom is 0.134 e. The minimum absolute atomic E-state index is 0.796. The van der Waals surface area contributed by atoms with Crippen molar-refractivity contribution in [1.82, 2.24) is 4.90 Å². The van der Waals surface area contributed by atoms with Gasteiger partial charge in [0.1, 0.15) is 11.3 Å². The lowest BCUT2D eigenvalue weighted by Crippen LogP contribution is -2.23. The lowest BCUT2D eigenvalue weighted by molar-refractivity contribution is 0.256. The Labute approximate surface area is 108 Å². The highest BCUT2D eigenvalue weighted by Crippen LogP contribution is 2.23. The Kier molecular flexibility index (Phi) is 3.24. The molecule has 0 saturated carbocycles. The normalized spacial score (nSPS) is 18.0. The summed E-state index contributed by atoms with van der Waals surface area (Å²) in [7, 11) is 0. The van der Waals surface area contributed by atoms with Gasteiger partial charge in [0, 0.05) is 11.1 Å². The van der Waals surface area contributed by atoms with Crippen LogP contribution in [0.2, 0.25) is 0 Å². The quantitative estimate of drug-likeness (QED) is 0.823. The summed E-state index contributed by atoms with van der Waals surface area (Å²) in [5.41, 5.74) is 7.52. The molecule has 0 aliphatic carbocycles. The van der Waals surface area contributed by atoms with E-state index in [9.17, 15) is 0 Å². The first-order chi connectivity index (χ1) is 8.81. The zero-order chi connectivity index (χ0) is 12.4. The Balaban J connectivity index is 1.77. The molecule has 0 atom stereocenters. The molecule has 1 aliphatic rings. The molecular formula is C15H20N2O. The van der Waals surface area contributed by atoms with E-state index in [1.54, 1.807) is 0 Å². The number of hydrogen-bond acceptors (Lipinski definition) is 3. The van der Waals surface area contributed by atoms with Crippen LogP contribution in [0.15, 0.2) is 28.7 Å². The number of fused-ring (bicyclic) bond motifs is 1. The molecule has 3 nitrogen and oxygen atoms in total. The van der Waals surface area contributed by atoms with Gasteiger partial charge in [0.05, 0.1) is 6.54 Å². The molecule has 3 rings (SSSR count). The summed E-state index contributed by atoms with van der Waals surface area (Å²) in [5.74, 6) is 1.05. The number of likely N-dealkylation sites (tertiary alicyclic amines) is 1. The average Bonchev–Trinajstić information content (AvgIpc) is 2.57. The predicted octanol–water partition coefficient (Wildman–Crippen LogP) is 3.39. The summed E-state index contributed by atoms with van der Waals surface area (Å²) in [6, 6.07) is 7.94. The van der Waals surface area contributed by atoms with Gasteiger partial charge in [-0.05, 0) is 50.2 Å². The molecule has 2 N–H and O–H groups in total. The van der Waals surface area contributed by atoms with Gasteiger partial charge < -0.3 is 10.2 Å². The molecule has 1 saturated heterocycles. The molecule has 0 amide bonds. The standard InChI is InChI=1S/C15H20N2O/c16-13-5-6-15-12(9-13)10-14(18-15)11-17-7-3-1-2-4-8-17/h5-6,9-10H,1-4,7-8,11,16H2. The summed E-state index contributed by atoms with van der Waals surface area (Å²) >= 11 is 0. The number of nitrogens with two attached hydrogens (primary N) is 1. The molecule has 1 aromatic heterocycles. The fourth-order valence-corrected chi connectivity index (χ4v) is 2.71. The van der Waals surface area contributed by atoms with Gasteiger partial charge in [0.15, 0.2) is 0 Å². The van der Waals surface area contributed by atoms with Gasteiger partial charge in [-0.15, -0.1) is 0 Å². The number of rotatable bonds is 2. The van der Waals surface area contributed by atoms with Gasteiger partial charge in [-0.2, -0.15) is 0 Å². The zero-order valence-electron chi connectivity index (χ0n) is 10.7. The Morgan fingerprint density at radius 2 is 1.83 bits per heavy atom. The Morgan fingerprint density at radius 3 is 2.61 bits per heavy atom. The third-order valence-corrected chi connectivity index (χ3v) is 3.67. The summed E-state index contributed by atoms with van der Waals surface area (Å²) in [6.45, 7) is 3.31. The summed E-state index contributed by atoms with van der Waals surface area (Å²) in [5, 5.41) is 1.11. The number of furan rings is 1. The van der Waals surface area contributed by atoms with Crippen LogP contribution < -0.4 is 5.73 Å². The number of nitrogen functional groups attached to an aromatic ring is 1. The van der Waals surface area contributed by atoms with Crippen LogP contribution in [-0.4, -0.2) is 18.0 Å². The van der Waals surface area contributed by atoms with Crippen LogP contribution in [0.3, 0.4) is 0 Å². The fourth-order valence-electron chi connectivity index (χ4n) is 2.71. The Bertz CT molecular complexity index is 524. The second-order valence-corrected chi connectivity index (χ2v) is 5.20. The maximum atomic E-state index is 5.87. The molecule has 1 aromatic carbocycles. The summed E-state index contributed by atoms with van der Waals surface area (Å²) in [6.07, 6.45) is 5.36. The first kappa shape index (κ1) is 11.6. The van der Waals surface area contributed by atoms with Crippen molar-refractivity contribution in [3.05, 3.63) is 30.0 Å². The average molecular weight is 244 g/mol. The van der Waals surface area contributed by atoms with Crippen molar-refractivity contribution in [3.63, 3.8) is 0 Å². The molecule has 1 fully saturated rings. The largest absolute Gasteiger partial charge is 0.460 e. The van der Waals surface area contributed by atoms with Crippen molar-refractivity contribution in [3.8, 4) is 0 Å². The Morgan fingerprint density at radius 1 is 1.06 bits per heavy atom. The Hall–Kier alpha value is -1.48. The molecule has 18 heavy (non-hydrogen) atoms. The number of hydrogen-bond donors (Lipinski definition) is 1.